The lowest BCUT2D eigenvalue weighted by atomic mass is 10.3. The second-order valence-electron chi connectivity index (χ2n) is 2.87. The normalized spacial score (nSPS) is 10.4. The van der Waals surface area contributed by atoms with E-state index in [1.54, 1.807) is 6.92 Å². The van der Waals surface area contributed by atoms with Crippen molar-refractivity contribution in [1.82, 2.24) is 15.2 Å². The first-order chi connectivity index (χ1) is 7.70. The lowest BCUT2D eigenvalue weighted by molar-refractivity contribution is 0.0512. The first-order valence-corrected chi connectivity index (χ1v) is 6.22. The molecule has 0 unspecified atom stereocenters. The van der Waals surface area contributed by atoms with Crippen LogP contribution in [-0.4, -0.2) is 27.8 Å². The maximum Gasteiger partial charge on any atom is 0.375 e. The molecule has 2 aromatic rings. The number of rotatable bonds is 3. The van der Waals surface area contributed by atoms with Gasteiger partial charge in [-0.3, -0.25) is 5.10 Å². The zero-order valence-corrected chi connectivity index (χ0v) is 10.8. The summed E-state index contributed by atoms with van der Waals surface area (Å²) in [6.07, 6.45) is 0. The molecule has 0 saturated carbocycles. The molecule has 7 heteroatoms. The summed E-state index contributed by atoms with van der Waals surface area (Å²) in [6, 6.07) is 1.89. The predicted octanol–water partition coefficient (Wildman–Crippen LogP) is 2.47. The number of nitrogens with one attached hydrogen (secondary N) is 1. The summed E-state index contributed by atoms with van der Waals surface area (Å²) in [6.45, 7) is 2.06. The van der Waals surface area contributed by atoms with Gasteiger partial charge in [0.25, 0.3) is 0 Å². The van der Waals surface area contributed by atoms with Gasteiger partial charge in [-0.25, -0.2) is 9.78 Å². The molecule has 2 rings (SSSR count). The maximum absolute atomic E-state index is 11.3. The zero-order valence-electron chi connectivity index (χ0n) is 8.36. The quantitative estimate of drug-likeness (QED) is 0.884. The fourth-order valence-electron chi connectivity index (χ4n) is 1.11. The fraction of sp³-hybridized carbons (Fsp3) is 0.222. The lowest BCUT2D eigenvalue weighted by Gasteiger charge is -1.94. The number of aromatic nitrogens is 3. The standard InChI is InChI=1S/C9H8BrN3O2S/c1-2-15-9(14)8-11-7(12-13-8)5-3-6(10)16-4-5/h3-4H,2H2,1H3,(H,11,12,13). The maximum atomic E-state index is 11.3. The van der Waals surface area contributed by atoms with Crippen molar-refractivity contribution in [2.24, 2.45) is 0 Å². The lowest BCUT2D eigenvalue weighted by Crippen LogP contribution is -2.06. The Bertz CT molecular complexity index is 508. The number of thiophene rings is 1. The Labute approximate surface area is 104 Å². The van der Waals surface area contributed by atoms with Crippen LogP contribution in [0.5, 0.6) is 0 Å². The number of ether oxygens (including phenoxy) is 1. The summed E-state index contributed by atoms with van der Waals surface area (Å²) < 4.78 is 5.79. The van der Waals surface area contributed by atoms with Crippen LogP contribution in [0, 0.1) is 0 Å². The molecule has 0 amide bonds. The van der Waals surface area contributed by atoms with E-state index in [-0.39, 0.29) is 5.82 Å². The third-order valence-corrected chi connectivity index (χ3v) is 3.28. The van der Waals surface area contributed by atoms with E-state index in [9.17, 15) is 4.79 Å². The van der Waals surface area contributed by atoms with Crippen LogP contribution in [0.4, 0.5) is 0 Å². The summed E-state index contributed by atoms with van der Waals surface area (Å²) in [4.78, 5) is 15.4. The SMILES string of the molecule is CCOC(=O)c1nc(-c2csc(Br)c2)n[nH]1. The molecule has 2 aromatic heterocycles. The molecule has 0 fully saturated rings. The Morgan fingerprint density at radius 3 is 3.12 bits per heavy atom. The van der Waals surface area contributed by atoms with Crippen molar-refractivity contribution in [3.05, 3.63) is 21.1 Å². The minimum absolute atomic E-state index is 0.124. The molecule has 1 N–H and O–H groups in total. The smallest absolute Gasteiger partial charge is 0.375 e. The second-order valence-corrected chi connectivity index (χ2v) is 5.16. The molecular weight excluding hydrogens is 294 g/mol. The number of aromatic amines is 1. The molecule has 0 aromatic carbocycles. The van der Waals surface area contributed by atoms with Crippen molar-refractivity contribution >= 4 is 33.2 Å². The van der Waals surface area contributed by atoms with Gasteiger partial charge in [-0.2, -0.15) is 5.10 Å². The van der Waals surface area contributed by atoms with Gasteiger partial charge >= 0.3 is 5.97 Å². The van der Waals surface area contributed by atoms with Crippen LogP contribution in [0.3, 0.4) is 0 Å². The van der Waals surface area contributed by atoms with Gasteiger partial charge in [0.2, 0.25) is 5.82 Å². The summed E-state index contributed by atoms with van der Waals surface area (Å²) in [5, 5.41) is 8.41. The molecule has 0 aliphatic carbocycles. The van der Waals surface area contributed by atoms with E-state index in [1.807, 2.05) is 11.4 Å². The molecule has 0 saturated heterocycles. The van der Waals surface area contributed by atoms with Crippen molar-refractivity contribution in [3.8, 4) is 11.4 Å². The molecule has 84 valence electrons. The molecule has 2 heterocycles. The van der Waals surface area contributed by atoms with Gasteiger partial charge in [0.05, 0.1) is 10.4 Å². The van der Waals surface area contributed by atoms with Crippen LogP contribution in [0.15, 0.2) is 15.2 Å². The first-order valence-electron chi connectivity index (χ1n) is 4.54. The van der Waals surface area contributed by atoms with Gasteiger partial charge in [0, 0.05) is 10.9 Å². The van der Waals surface area contributed by atoms with Gasteiger partial charge < -0.3 is 4.74 Å². The molecule has 0 radical (unpaired) electrons. The minimum atomic E-state index is -0.490. The van der Waals surface area contributed by atoms with Crippen LogP contribution >= 0.6 is 27.3 Å². The van der Waals surface area contributed by atoms with Crippen LogP contribution in [0.25, 0.3) is 11.4 Å². The van der Waals surface area contributed by atoms with Gasteiger partial charge in [-0.15, -0.1) is 11.3 Å². The minimum Gasteiger partial charge on any atom is -0.460 e. The van der Waals surface area contributed by atoms with E-state index >= 15 is 0 Å². The Morgan fingerprint density at radius 2 is 2.50 bits per heavy atom. The summed E-state index contributed by atoms with van der Waals surface area (Å²) in [7, 11) is 0. The molecule has 0 atom stereocenters. The van der Waals surface area contributed by atoms with Gasteiger partial charge in [-0.1, -0.05) is 0 Å². The number of halogens is 1. The van der Waals surface area contributed by atoms with Crippen molar-refractivity contribution in [3.63, 3.8) is 0 Å². The Kier molecular flexibility index (Phi) is 3.35. The summed E-state index contributed by atoms with van der Waals surface area (Å²) >= 11 is 4.88. The third-order valence-electron chi connectivity index (χ3n) is 1.78. The van der Waals surface area contributed by atoms with Crippen molar-refractivity contribution in [2.45, 2.75) is 6.92 Å². The number of carbonyl (C=O) groups is 1. The largest absolute Gasteiger partial charge is 0.460 e. The highest BCUT2D eigenvalue weighted by Crippen LogP contribution is 2.26. The summed E-state index contributed by atoms with van der Waals surface area (Å²) in [5.41, 5.74) is 0.865. The Morgan fingerprint density at radius 1 is 1.69 bits per heavy atom. The summed E-state index contributed by atoms with van der Waals surface area (Å²) in [5.74, 6) is 0.125. The number of hydrogen-bond acceptors (Lipinski definition) is 5. The van der Waals surface area contributed by atoms with E-state index < -0.39 is 5.97 Å². The van der Waals surface area contributed by atoms with Gasteiger partial charge in [0.15, 0.2) is 5.82 Å². The number of esters is 1. The molecule has 0 bridgehead atoms. The van der Waals surface area contributed by atoms with E-state index in [1.165, 1.54) is 11.3 Å². The number of carbonyl (C=O) groups excluding carboxylic acids is 1. The highest BCUT2D eigenvalue weighted by molar-refractivity contribution is 9.11. The second kappa shape index (κ2) is 4.75. The first kappa shape index (κ1) is 11.3. The van der Waals surface area contributed by atoms with E-state index in [0.717, 1.165) is 9.35 Å². The topological polar surface area (TPSA) is 67.9 Å². The average Bonchev–Trinajstić information content (AvgIpc) is 2.85. The zero-order chi connectivity index (χ0) is 11.5. The van der Waals surface area contributed by atoms with E-state index in [4.69, 9.17) is 4.74 Å². The number of hydrogen-bond donors (Lipinski definition) is 1. The molecular formula is C9H8BrN3O2S. The van der Waals surface area contributed by atoms with Gasteiger partial charge in [0.1, 0.15) is 0 Å². The molecule has 0 aliphatic heterocycles. The van der Waals surface area contributed by atoms with Crippen molar-refractivity contribution in [1.29, 1.82) is 0 Å². The predicted molar refractivity (Wildman–Crippen MR) is 63.4 cm³/mol. The highest BCUT2D eigenvalue weighted by Gasteiger charge is 2.14. The third kappa shape index (κ3) is 2.30. The highest BCUT2D eigenvalue weighted by atomic mass is 79.9. The monoisotopic (exact) mass is 301 g/mol. The van der Waals surface area contributed by atoms with Crippen LogP contribution in [0.1, 0.15) is 17.5 Å². The molecule has 5 nitrogen and oxygen atoms in total. The van der Waals surface area contributed by atoms with Crippen molar-refractivity contribution in [2.75, 3.05) is 6.61 Å². The molecule has 0 aliphatic rings. The van der Waals surface area contributed by atoms with Crippen molar-refractivity contribution < 1.29 is 9.53 Å². The van der Waals surface area contributed by atoms with Crippen LogP contribution in [0.2, 0.25) is 0 Å². The van der Waals surface area contributed by atoms with E-state index in [0.29, 0.717) is 12.4 Å². The number of nitrogens with zero attached hydrogens (tertiary/aromatic N) is 2. The molecule has 0 spiro atoms. The number of H-pyrrole nitrogens is 1. The fourth-order valence-corrected chi connectivity index (χ4v) is 2.24. The Balaban J connectivity index is 2.22. The average molecular weight is 302 g/mol. The molecule has 16 heavy (non-hydrogen) atoms. The van der Waals surface area contributed by atoms with Crippen LogP contribution in [-0.2, 0) is 4.74 Å². The Hall–Kier alpha value is -1.21. The van der Waals surface area contributed by atoms with E-state index in [2.05, 4.69) is 31.1 Å². The van der Waals surface area contributed by atoms with Crippen LogP contribution < -0.4 is 0 Å². The van der Waals surface area contributed by atoms with Gasteiger partial charge in [-0.05, 0) is 28.9 Å².